The van der Waals surface area contributed by atoms with E-state index in [1.54, 1.807) is 0 Å². The van der Waals surface area contributed by atoms with Crippen molar-refractivity contribution in [3.63, 3.8) is 0 Å². The van der Waals surface area contributed by atoms with E-state index >= 15 is 0 Å². The molecule has 0 fully saturated rings. The summed E-state index contributed by atoms with van der Waals surface area (Å²) in [6, 6.07) is -0.127. The molecule has 0 bridgehead atoms. The molecule has 120 valence electrons. The van der Waals surface area contributed by atoms with Crippen LogP contribution in [0.25, 0.3) is 0 Å². The zero-order valence-electron chi connectivity index (χ0n) is 14.4. The summed E-state index contributed by atoms with van der Waals surface area (Å²) in [5.41, 5.74) is 7.44. The maximum atomic E-state index is 11.8. The Morgan fingerprint density at radius 2 is 1.33 bits per heavy atom. The molecule has 4 heteroatoms. The van der Waals surface area contributed by atoms with Gasteiger partial charge in [0.05, 0.1) is 5.75 Å². The summed E-state index contributed by atoms with van der Waals surface area (Å²) >= 11 is 0. The van der Waals surface area contributed by atoms with E-state index in [0.717, 1.165) is 18.5 Å². The second-order valence-corrected chi connectivity index (χ2v) is 8.32. The first kappa shape index (κ1) is 18.2. The van der Waals surface area contributed by atoms with Crippen molar-refractivity contribution in [2.45, 2.75) is 54.0 Å². The summed E-state index contributed by atoms with van der Waals surface area (Å²) in [5.74, 6) is 0.149. The molecular weight excluding hydrogens is 282 g/mol. The van der Waals surface area contributed by atoms with Gasteiger partial charge in [0.15, 0.2) is 0 Å². The van der Waals surface area contributed by atoms with Crippen LogP contribution in [-0.2, 0) is 9.84 Å². The Kier molecular flexibility index (Phi) is 6.00. The van der Waals surface area contributed by atoms with Gasteiger partial charge in [0.1, 0.15) is 9.84 Å². The molecule has 1 aromatic rings. The molecule has 3 nitrogen and oxygen atoms in total. The summed E-state index contributed by atoms with van der Waals surface area (Å²) in [6.45, 7) is 13.5. The third kappa shape index (κ3) is 4.30. The normalized spacial score (nSPS) is 13.5. The van der Waals surface area contributed by atoms with Gasteiger partial charge in [-0.25, -0.2) is 8.42 Å². The van der Waals surface area contributed by atoms with Gasteiger partial charge in [-0.1, -0.05) is 6.92 Å². The van der Waals surface area contributed by atoms with Crippen molar-refractivity contribution in [2.75, 3.05) is 18.6 Å². The minimum absolute atomic E-state index is 0.127. The first-order chi connectivity index (χ1) is 9.60. The first-order valence-corrected chi connectivity index (χ1v) is 9.64. The molecule has 1 aromatic carbocycles. The molecule has 1 unspecified atom stereocenters. The number of hydrogen-bond acceptors (Lipinski definition) is 3. The zero-order valence-corrected chi connectivity index (χ0v) is 15.2. The Bertz CT molecular complexity index is 589. The minimum atomic E-state index is -3.03. The molecule has 21 heavy (non-hydrogen) atoms. The number of rotatable bonds is 6. The van der Waals surface area contributed by atoms with Crippen molar-refractivity contribution in [1.29, 1.82) is 0 Å². The molecule has 0 aliphatic carbocycles. The lowest BCUT2D eigenvalue weighted by atomic mass is 9.86. The van der Waals surface area contributed by atoms with Gasteiger partial charge in [0, 0.05) is 12.3 Å². The zero-order chi connectivity index (χ0) is 16.4. The summed E-state index contributed by atoms with van der Waals surface area (Å²) in [7, 11) is -3.03. The number of sulfone groups is 1. The van der Waals surface area contributed by atoms with E-state index < -0.39 is 9.84 Å². The fourth-order valence-electron chi connectivity index (χ4n) is 2.92. The second-order valence-electron chi connectivity index (χ2n) is 6.14. The van der Waals surface area contributed by atoms with Crippen LogP contribution in [0.4, 0.5) is 0 Å². The lowest BCUT2D eigenvalue weighted by Crippen LogP contribution is -2.30. The molecular formula is C17H29NO2S. The number of nitrogens with one attached hydrogen (secondary N) is 1. The lowest BCUT2D eigenvalue weighted by Gasteiger charge is -2.26. The SMILES string of the molecule is CCCNC(CS(C)(=O)=O)c1c(C)c(C)c(C)c(C)c1C. The number of hydrogen-bond donors (Lipinski definition) is 1. The quantitative estimate of drug-likeness (QED) is 0.876. The molecule has 1 atom stereocenters. The van der Waals surface area contributed by atoms with E-state index in [0.29, 0.717) is 0 Å². The number of benzene rings is 1. The molecule has 0 aromatic heterocycles. The fourth-order valence-corrected chi connectivity index (χ4v) is 3.81. The van der Waals surface area contributed by atoms with Crippen LogP contribution in [0.3, 0.4) is 0 Å². The standard InChI is InChI=1S/C17H29NO2S/c1-8-9-18-16(10-21(7,19)20)17-14(5)12(3)11(2)13(4)15(17)6/h16,18H,8-10H2,1-7H3. The second kappa shape index (κ2) is 6.93. The van der Waals surface area contributed by atoms with Gasteiger partial charge < -0.3 is 5.32 Å². The van der Waals surface area contributed by atoms with Crippen LogP contribution in [0.15, 0.2) is 0 Å². The molecule has 0 radical (unpaired) electrons. The molecule has 1 N–H and O–H groups in total. The maximum Gasteiger partial charge on any atom is 0.149 e. The Hall–Kier alpha value is -0.870. The van der Waals surface area contributed by atoms with Crippen LogP contribution >= 0.6 is 0 Å². The Balaban J connectivity index is 3.43. The van der Waals surface area contributed by atoms with Crippen molar-refractivity contribution < 1.29 is 8.42 Å². The molecule has 0 saturated carbocycles. The topological polar surface area (TPSA) is 46.2 Å². The average Bonchev–Trinajstić information content (AvgIpc) is 2.38. The van der Waals surface area contributed by atoms with Gasteiger partial charge in [0.25, 0.3) is 0 Å². The summed E-state index contributed by atoms with van der Waals surface area (Å²) in [5, 5.41) is 3.42. The molecule has 0 saturated heterocycles. The minimum Gasteiger partial charge on any atom is -0.309 e. The van der Waals surface area contributed by atoms with Gasteiger partial charge in [-0.2, -0.15) is 0 Å². The van der Waals surface area contributed by atoms with Gasteiger partial charge >= 0.3 is 0 Å². The fraction of sp³-hybridized carbons (Fsp3) is 0.647. The van der Waals surface area contributed by atoms with Crippen LogP contribution in [-0.4, -0.2) is 27.0 Å². The molecule has 0 amide bonds. The lowest BCUT2D eigenvalue weighted by molar-refractivity contribution is 0.545. The van der Waals surface area contributed by atoms with Crippen molar-refractivity contribution in [2.24, 2.45) is 0 Å². The van der Waals surface area contributed by atoms with Crippen LogP contribution < -0.4 is 5.32 Å². The van der Waals surface area contributed by atoms with Crippen LogP contribution in [0.5, 0.6) is 0 Å². The third-order valence-corrected chi connectivity index (χ3v) is 5.46. The highest BCUT2D eigenvalue weighted by atomic mass is 32.2. The van der Waals surface area contributed by atoms with E-state index in [4.69, 9.17) is 0 Å². The van der Waals surface area contributed by atoms with Crippen LogP contribution in [0.2, 0.25) is 0 Å². The smallest absolute Gasteiger partial charge is 0.149 e. The van der Waals surface area contributed by atoms with Crippen molar-refractivity contribution >= 4 is 9.84 Å². The summed E-state index contributed by atoms with van der Waals surface area (Å²) < 4.78 is 23.6. The largest absolute Gasteiger partial charge is 0.309 e. The Labute approximate surface area is 130 Å². The van der Waals surface area contributed by atoms with Gasteiger partial charge in [0.2, 0.25) is 0 Å². The summed E-state index contributed by atoms with van der Waals surface area (Å²) in [4.78, 5) is 0. The average molecular weight is 311 g/mol. The van der Waals surface area contributed by atoms with Crippen LogP contribution in [0.1, 0.15) is 52.8 Å². The monoisotopic (exact) mass is 311 g/mol. The van der Waals surface area contributed by atoms with E-state index in [1.165, 1.54) is 34.1 Å². The van der Waals surface area contributed by atoms with Crippen molar-refractivity contribution in [3.8, 4) is 0 Å². The van der Waals surface area contributed by atoms with Gasteiger partial charge in [-0.15, -0.1) is 0 Å². The molecule has 0 aliphatic heterocycles. The molecule has 0 spiro atoms. The highest BCUT2D eigenvalue weighted by Gasteiger charge is 2.23. The van der Waals surface area contributed by atoms with E-state index in [9.17, 15) is 8.42 Å². The van der Waals surface area contributed by atoms with E-state index in [-0.39, 0.29) is 11.8 Å². The summed E-state index contributed by atoms with van der Waals surface area (Å²) in [6.07, 6.45) is 2.30. The molecule has 1 rings (SSSR count). The predicted octanol–water partition coefficient (Wildman–Crippen LogP) is 3.31. The molecule has 0 heterocycles. The van der Waals surface area contributed by atoms with Crippen molar-refractivity contribution in [3.05, 3.63) is 33.4 Å². The van der Waals surface area contributed by atoms with Gasteiger partial charge in [-0.05, 0) is 81.0 Å². The maximum absolute atomic E-state index is 11.8. The Morgan fingerprint density at radius 1 is 0.905 bits per heavy atom. The molecule has 0 aliphatic rings. The Morgan fingerprint density at radius 3 is 1.71 bits per heavy atom. The highest BCUT2D eigenvalue weighted by Crippen LogP contribution is 2.31. The van der Waals surface area contributed by atoms with Gasteiger partial charge in [-0.3, -0.25) is 0 Å². The third-order valence-electron chi connectivity index (χ3n) is 4.52. The van der Waals surface area contributed by atoms with Crippen LogP contribution in [0, 0.1) is 34.6 Å². The highest BCUT2D eigenvalue weighted by molar-refractivity contribution is 7.90. The van der Waals surface area contributed by atoms with Crippen molar-refractivity contribution in [1.82, 2.24) is 5.32 Å². The van der Waals surface area contributed by atoms with E-state index in [2.05, 4.69) is 46.9 Å². The predicted molar refractivity (Wildman–Crippen MR) is 90.9 cm³/mol. The first-order valence-electron chi connectivity index (χ1n) is 7.58. The van der Waals surface area contributed by atoms with E-state index in [1.807, 2.05) is 0 Å².